The second-order valence-electron chi connectivity index (χ2n) is 7.31. The van der Waals surface area contributed by atoms with Gasteiger partial charge in [-0.15, -0.1) is 0 Å². The summed E-state index contributed by atoms with van der Waals surface area (Å²) in [7, 11) is 0. The highest BCUT2D eigenvalue weighted by molar-refractivity contribution is 6.38. The molecule has 7 nitrogen and oxygen atoms in total. The molecule has 0 spiro atoms. The molecule has 0 N–H and O–H groups in total. The molecule has 9 heteroatoms. The van der Waals surface area contributed by atoms with Gasteiger partial charge in [0.2, 0.25) is 5.76 Å². The van der Waals surface area contributed by atoms with Gasteiger partial charge in [0.1, 0.15) is 11.5 Å². The molecule has 1 atom stereocenters. The Kier molecular flexibility index (Phi) is 4.95. The number of anilines is 1. The first-order valence-corrected chi connectivity index (χ1v) is 10.6. The molecule has 0 unspecified atom stereocenters. The van der Waals surface area contributed by atoms with Crippen molar-refractivity contribution in [3.05, 3.63) is 85.4 Å². The highest BCUT2D eigenvalue weighted by atomic mass is 35.5. The number of hydrogen-bond acceptors (Lipinski definition) is 6. The van der Waals surface area contributed by atoms with E-state index in [2.05, 4.69) is 5.16 Å². The molecule has 0 aliphatic carbocycles. The number of carbonyl (C=O) groups is 1. The summed E-state index contributed by atoms with van der Waals surface area (Å²) in [4.78, 5) is 28.4. The normalized spacial score (nSPS) is 15.4. The first-order valence-electron chi connectivity index (χ1n) is 9.84. The van der Waals surface area contributed by atoms with E-state index in [-0.39, 0.29) is 38.6 Å². The Morgan fingerprint density at radius 2 is 1.88 bits per heavy atom. The van der Waals surface area contributed by atoms with Crippen LogP contribution in [-0.2, 0) is 0 Å². The van der Waals surface area contributed by atoms with Crippen LogP contribution in [0.5, 0.6) is 5.75 Å². The van der Waals surface area contributed by atoms with Crippen molar-refractivity contribution in [2.45, 2.75) is 19.9 Å². The predicted molar refractivity (Wildman–Crippen MR) is 120 cm³/mol. The largest absolute Gasteiger partial charge is 0.494 e. The number of rotatable bonds is 4. The molecular formula is C23H16Cl2N2O5. The van der Waals surface area contributed by atoms with Gasteiger partial charge in [0.15, 0.2) is 16.8 Å². The number of nitrogens with zero attached hydrogens (tertiary/aromatic N) is 2. The van der Waals surface area contributed by atoms with Crippen LogP contribution in [0.15, 0.2) is 56.2 Å². The first-order chi connectivity index (χ1) is 15.4. The zero-order chi connectivity index (χ0) is 22.6. The van der Waals surface area contributed by atoms with E-state index in [0.717, 1.165) is 0 Å². The minimum absolute atomic E-state index is 0.0914. The van der Waals surface area contributed by atoms with Gasteiger partial charge in [-0.2, -0.15) is 0 Å². The molecule has 32 heavy (non-hydrogen) atoms. The van der Waals surface area contributed by atoms with E-state index in [9.17, 15) is 9.59 Å². The molecule has 2 aromatic heterocycles. The highest BCUT2D eigenvalue weighted by Crippen LogP contribution is 2.42. The van der Waals surface area contributed by atoms with Crippen LogP contribution in [-0.4, -0.2) is 17.7 Å². The SMILES string of the molecule is CCOc1ccc([C@H]2c3c(oc4c(Cl)cc(Cl)cc4c3=O)C(=O)N2c2cc(C)on2)cc1. The molecule has 5 rings (SSSR count). The summed E-state index contributed by atoms with van der Waals surface area (Å²) in [6.45, 7) is 4.13. The minimum atomic E-state index is -0.781. The fourth-order valence-electron chi connectivity index (χ4n) is 3.93. The quantitative estimate of drug-likeness (QED) is 0.388. The van der Waals surface area contributed by atoms with Crippen molar-refractivity contribution >= 4 is 45.9 Å². The monoisotopic (exact) mass is 470 g/mol. The Labute approximate surface area is 192 Å². The lowest BCUT2D eigenvalue weighted by Crippen LogP contribution is -2.29. The van der Waals surface area contributed by atoms with Crippen LogP contribution in [0, 0.1) is 6.92 Å². The number of aryl methyl sites for hydroxylation is 1. The van der Waals surface area contributed by atoms with E-state index in [1.165, 1.54) is 17.0 Å². The fourth-order valence-corrected chi connectivity index (χ4v) is 4.46. The number of ether oxygens (including phenoxy) is 1. The number of benzene rings is 2. The molecule has 1 aliphatic heterocycles. The highest BCUT2D eigenvalue weighted by Gasteiger charge is 2.45. The van der Waals surface area contributed by atoms with Crippen molar-refractivity contribution in [1.82, 2.24) is 5.16 Å². The van der Waals surface area contributed by atoms with Gasteiger partial charge < -0.3 is 13.7 Å². The van der Waals surface area contributed by atoms with E-state index >= 15 is 0 Å². The van der Waals surface area contributed by atoms with E-state index in [4.69, 9.17) is 36.9 Å². The Bertz CT molecular complexity index is 1430. The number of hydrogen-bond donors (Lipinski definition) is 0. The van der Waals surface area contributed by atoms with Crippen LogP contribution in [0.4, 0.5) is 5.82 Å². The second-order valence-corrected chi connectivity index (χ2v) is 8.16. The van der Waals surface area contributed by atoms with Crippen molar-refractivity contribution in [2.24, 2.45) is 0 Å². The molecule has 3 heterocycles. The first kappa shape index (κ1) is 20.6. The molecular weight excluding hydrogens is 455 g/mol. The van der Waals surface area contributed by atoms with Gasteiger partial charge >= 0.3 is 0 Å². The summed E-state index contributed by atoms with van der Waals surface area (Å²) in [5.41, 5.74) is 0.587. The Morgan fingerprint density at radius 1 is 1.12 bits per heavy atom. The van der Waals surface area contributed by atoms with Gasteiger partial charge in [-0.25, -0.2) is 0 Å². The van der Waals surface area contributed by atoms with Crippen molar-refractivity contribution < 1.29 is 18.5 Å². The molecule has 4 aromatic rings. The van der Waals surface area contributed by atoms with Crippen molar-refractivity contribution in [1.29, 1.82) is 0 Å². The van der Waals surface area contributed by atoms with Crippen LogP contribution in [0.25, 0.3) is 11.0 Å². The minimum Gasteiger partial charge on any atom is -0.494 e. The lowest BCUT2D eigenvalue weighted by atomic mass is 9.98. The predicted octanol–water partition coefficient (Wildman–Crippen LogP) is 5.54. The number of fused-ring (bicyclic) bond motifs is 2. The second kappa shape index (κ2) is 7.69. The summed E-state index contributed by atoms with van der Waals surface area (Å²) in [6.07, 6.45) is 0. The third-order valence-corrected chi connectivity index (χ3v) is 5.76. The maximum absolute atomic E-state index is 13.6. The number of halogens is 2. The van der Waals surface area contributed by atoms with E-state index in [1.54, 1.807) is 37.3 Å². The third-order valence-electron chi connectivity index (χ3n) is 5.26. The Morgan fingerprint density at radius 3 is 2.53 bits per heavy atom. The molecule has 1 amide bonds. The molecule has 0 saturated heterocycles. The number of carbonyl (C=O) groups excluding carboxylic acids is 1. The van der Waals surface area contributed by atoms with Crippen molar-refractivity contribution in [2.75, 3.05) is 11.5 Å². The standard InChI is InChI=1S/C23H16Cl2N2O5/c1-3-30-14-6-4-12(5-7-14)19-18-20(28)15-9-13(24)10-16(25)21(15)31-22(18)23(29)27(19)17-8-11(2)32-26-17/h4-10,19H,3H2,1-2H3/t19-/m0/s1. The van der Waals surface area contributed by atoms with Gasteiger partial charge in [-0.05, 0) is 43.7 Å². The molecule has 2 aromatic carbocycles. The maximum atomic E-state index is 13.6. The zero-order valence-corrected chi connectivity index (χ0v) is 18.5. The van der Waals surface area contributed by atoms with Crippen LogP contribution >= 0.6 is 23.2 Å². The van der Waals surface area contributed by atoms with Crippen LogP contribution < -0.4 is 15.1 Å². The van der Waals surface area contributed by atoms with Crippen LogP contribution in [0.3, 0.4) is 0 Å². The topological polar surface area (TPSA) is 85.8 Å². The van der Waals surface area contributed by atoms with E-state index in [0.29, 0.717) is 28.7 Å². The molecule has 0 bridgehead atoms. The average molecular weight is 471 g/mol. The number of aromatic nitrogens is 1. The van der Waals surface area contributed by atoms with Crippen molar-refractivity contribution in [3.8, 4) is 5.75 Å². The molecule has 0 radical (unpaired) electrons. The summed E-state index contributed by atoms with van der Waals surface area (Å²) in [5.74, 6) is 0.857. The maximum Gasteiger partial charge on any atom is 0.296 e. The molecule has 1 aliphatic rings. The van der Waals surface area contributed by atoms with Crippen molar-refractivity contribution in [3.63, 3.8) is 0 Å². The lowest BCUT2D eigenvalue weighted by Gasteiger charge is -2.22. The molecule has 162 valence electrons. The van der Waals surface area contributed by atoms with Gasteiger partial charge in [0.25, 0.3) is 5.91 Å². The summed E-state index contributed by atoms with van der Waals surface area (Å²) >= 11 is 12.4. The van der Waals surface area contributed by atoms with Gasteiger partial charge in [-0.1, -0.05) is 40.5 Å². The van der Waals surface area contributed by atoms with Gasteiger partial charge in [0, 0.05) is 11.1 Å². The summed E-state index contributed by atoms with van der Waals surface area (Å²) in [6, 6.07) is 10.9. The van der Waals surface area contributed by atoms with Gasteiger partial charge in [0.05, 0.1) is 28.6 Å². The average Bonchev–Trinajstić information content (AvgIpc) is 3.31. The number of amides is 1. The fraction of sp³-hybridized carbons (Fsp3) is 0.174. The Balaban J connectivity index is 1.78. The van der Waals surface area contributed by atoms with E-state index < -0.39 is 11.9 Å². The van der Waals surface area contributed by atoms with Crippen LogP contribution in [0.2, 0.25) is 10.0 Å². The zero-order valence-electron chi connectivity index (χ0n) is 17.0. The third kappa shape index (κ3) is 3.16. The van der Waals surface area contributed by atoms with Crippen LogP contribution in [0.1, 0.15) is 40.4 Å². The lowest BCUT2D eigenvalue weighted by molar-refractivity contribution is 0.0969. The Hall–Kier alpha value is -3.29. The molecule has 0 fully saturated rings. The van der Waals surface area contributed by atoms with E-state index in [1.807, 2.05) is 6.92 Å². The van der Waals surface area contributed by atoms with Gasteiger partial charge in [-0.3, -0.25) is 14.5 Å². The smallest absolute Gasteiger partial charge is 0.296 e. The molecule has 0 saturated carbocycles. The summed E-state index contributed by atoms with van der Waals surface area (Å²) in [5, 5.41) is 4.64. The summed E-state index contributed by atoms with van der Waals surface area (Å²) < 4.78 is 16.6.